The van der Waals surface area contributed by atoms with Gasteiger partial charge < -0.3 is 0 Å². The van der Waals surface area contributed by atoms with Gasteiger partial charge in [-0.3, -0.25) is 9.97 Å². The van der Waals surface area contributed by atoms with E-state index in [1.54, 1.807) is 24.5 Å². The van der Waals surface area contributed by atoms with Crippen LogP contribution in [0.15, 0.2) is 36.7 Å². The Bertz CT molecular complexity index is 305. The molecule has 2 heterocycles. The zero-order valence-corrected chi connectivity index (χ0v) is 6.36. The van der Waals surface area contributed by atoms with E-state index in [1.165, 1.54) is 0 Å². The molecule has 0 aliphatic carbocycles. The molecule has 0 saturated carbocycles. The van der Waals surface area contributed by atoms with Crippen LogP contribution in [0.1, 0.15) is 0 Å². The summed E-state index contributed by atoms with van der Waals surface area (Å²) in [5, 5.41) is 0. The lowest BCUT2D eigenvalue weighted by Crippen LogP contribution is -1.79. The molecular weight excluding hydrogens is 148 g/mol. The Morgan fingerprint density at radius 3 is 1.67 bits per heavy atom. The van der Waals surface area contributed by atoms with Gasteiger partial charge in [-0.05, 0) is 12.1 Å². The van der Waals surface area contributed by atoms with Crippen LogP contribution >= 0.6 is 0 Å². The SMILES string of the molecule is [c]1ccc(-c2cc[c]nc2)cn1. The third-order valence-electron chi connectivity index (χ3n) is 1.56. The van der Waals surface area contributed by atoms with E-state index in [9.17, 15) is 0 Å². The van der Waals surface area contributed by atoms with Crippen LogP contribution in [0.2, 0.25) is 0 Å². The molecule has 0 unspecified atom stereocenters. The maximum Gasteiger partial charge on any atom is 0.0886 e. The normalized spacial score (nSPS) is 9.67. The minimum Gasteiger partial charge on any atom is -0.254 e. The van der Waals surface area contributed by atoms with Gasteiger partial charge in [-0.2, -0.15) is 0 Å². The number of pyridine rings is 2. The summed E-state index contributed by atoms with van der Waals surface area (Å²) >= 11 is 0. The molecule has 2 heteroatoms. The van der Waals surface area contributed by atoms with Crippen molar-refractivity contribution in [3.8, 4) is 11.1 Å². The van der Waals surface area contributed by atoms with Crippen molar-refractivity contribution in [1.29, 1.82) is 0 Å². The largest absolute Gasteiger partial charge is 0.254 e. The van der Waals surface area contributed by atoms with Crippen molar-refractivity contribution in [3.05, 3.63) is 49.1 Å². The van der Waals surface area contributed by atoms with Gasteiger partial charge in [0.25, 0.3) is 0 Å². The van der Waals surface area contributed by atoms with E-state index in [0.717, 1.165) is 11.1 Å². The van der Waals surface area contributed by atoms with Crippen molar-refractivity contribution >= 4 is 0 Å². The third kappa shape index (κ3) is 1.32. The minimum atomic E-state index is 1.05. The van der Waals surface area contributed by atoms with Crippen LogP contribution in [0.3, 0.4) is 0 Å². The van der Waals surface area contributed by atoms with Gasteiger partial charge in [-0.1, -0.05) is 12.1 Å². The van der Waals surface area contributed by atoms with Gasteiger partial charge in [0.05, 0.1) is 12.4 Å². The van der Waals surface area contributed by atoms with Crippen LogP contribution in [-0.4, -0.2) is 9.97 Å². The van der Waals surface area contributed by atoms with E-state index in [2.05, 4.69) is 22.4 Å². The maximum atomic E-state index is 3.90. The van der Waals surface area contributed by atoms with Gasteiger partial charge in [-0.15, -0.1) is 0 Å². The fourth-order valence-electron chi connectivity index (χ4n) is 0.981. The van der Waals surface area contributed by atoms with Crippen molar-refractivity contribution in [2.24, 2.45) is 0 Å². The Morgan fingerprint density at radius 1 is 0.833 bits per heavy atom. The zero-order chi connectivity index (χ0) is 8.23. The molecule has 0 aliphatic heterocycles. The highest BCUT2D eigenvalue weighted by Gasteiger charge is 1.94. The molecule has 2 radical (unpaired) electrons. The molecule has 0 N–H and O–H groups in total. The molecule has 0 bridgehead atoms. The highest BCUT2D eigenvalue weighted by atomic mass is 14.6. The van der Waals surface area contributed by atoms with E-state index in [-0.39, 0.29) is 0 Å². The van der Waals surface area contributed by atoms with Crippen molar-refractivity contribution in [1.82, 2.24) is 9.97 Å². The topological polar surface area (TPSA) is 25.8 Å². The van der Waals surface area contributed by atoms with E-state index in [4.69, 9.17) is 0 Å². The number of hydrogen-bond donors (Lipinski definition) is 0. The highest BCUT2D eigenvalue weighted by molar-refractivity contribution is 5.60. The predicted octanol–water partition coefficient (Wildman–Crippen LogP) is 1.74. The molecule has 12 heavy (non-hydrogen) atoms. The first-order chi connectivity index (χ1) is 5.97. The summed E-state index contributed by atoms with van der Waals surface area (Å²) in [6, 6.07) is 7.46. The summed E-state index contributed by atoms with van der Waals surface area (Å²) in [4.78, 5) is 7.80. The molecule has 0 amide bonds. The molecule has 2 nitrogen and oxygen atoms in total. The number of nitrogens with zero attached hydrogens (tertiary/aromatic N) is 2. The van der Waals surface area contributed by atoms with Gasteiger partial charge in [-0.25, -0.2) is 0 Å². The lowest BCUT2D eigenvalue weighted by Gasteiger charge is -1.96. The van der Waals surface area contributed by atoms with Gasteiger partial charge in [0.15, 0.2) is 0 Å². The highest BCUT2D eigenvalue weighted by Crippen LogP contribution is 2.14. The summed E-state index contributed by atoms with van der Waals surface area (Å²) in [5.74, 6) is 0. The Hall–Kier alpha value is -1.70. The average molecular weight is 154 g/mol. The molecule has 2 rings (SSSR count). The van der Waals surface area contributed by atoms with Gasteiger partial charge in [0.2, 0.25) is 0 Å². The number of aromatic nitrogens is 2. The Labute approximate surface area is 70.9 Å². The molecule has 2 aromatic heterocycles. The second-order valence-electron chi connectivity index (χ2n) is 2.35. The van der Waals surface area contributed by atoms with Crippen LogP contribution in [0.25, 0.3) is 11.1 Å². The lowest BCUT2D eigenvalue weighted by molar-refractivity contribution is 1.28. The molecule has 0 fully saturated rings. The summed E-state index contributed by atoms with van der Waals surface area (Å²) in [6.07, 6.45) is 8.97. The predicted molar refractivity (Wildman–Crippen MR) is 45.1 cm³/mol. The molecule has 2 aromatic rings. The second kappa shape index (κ2) is 3.13. The summed E-state index contributed by atoms with van der Waals surface area (Å²) < 4.78 is 0. The van der Waals surface area contributed by atoms with Crippen molar-refractivity contribution in [3.63, 3.8) is 0 Å². The average Bonchev–Trinajstić information content (AvgIpc) is 2.21. The third-order valence-corrected chi connectivity index (χ3v) is 1.56. The molecule has 0 saturated heterocycles. The summed E-state index contributed by atoms with van der Waals surface area (Å²) in [7, 11) is 0. The number of hydrogen-bond acceptors (Lipinski definition) is 2. The first kappa shape index (κ1) is 6.98. The standard InChI is InChI=1S/C10H6N2/c1-3-9(7-11-5-1)10-4-2-6-12-8-10/h1-4,7-8H. The van der Waals surface area contributed by atoms with Crippen molar-refractivity contribution in [2.75, 3.05) is 0 Å². The second-order valence-corrected chi connectivity index (χ2v) is 2.35. The molecular formula is C10H6N2. The Kier molecular flexibility index (Phi) is 1.82. The first-order valence-corrected chi connectivity index (χ1v) is 3.61. The quantitative estimate of drug-likeness (QED) is 0.625. The van der Waals surface area contributed by atoms with E-state index in [1.807, 2.05) is 12.1 Å². The Morgan fingerprint density at radius 2 is 1.33 bits per heavy atom. The minimum absolute atomic E-state index is 1.05. The van der Waals surface area contributed by atoms with Gasteiger partial charge in [0.1, 0.15) is 0 Å². The Balaban J connectivity index is 2.46. The van der Waals surface area contributed by atoms with Crippen LogP contribution in [0.5, 0.6) is 0 Å². The van der Waals surface area contributed by atoms with Crippen molar-refractivity contribution < 1.29 is 0 Å². The maximum absolute atomic E-state index is 3.90. The van der Waals surface area contributed by atoms with Crippen LogP contribution in [0, 0.1) is 12.4 Å². The van der Waals surface area contributed by atoms with Crippen molar-refractivity contribution in [2.45, 2.75) is 0 Å². The first-order valence-electron chi connectivity index (χ1n) is 3.61. The van der Waals surface area contributed by atoms with Crippen LogP contribution in [-0.2, 0) is 0 Å². The molecule has 0 aliphatic rings. The van der Waals surface area contributed by atoms with E-state index < -0.39 is 0 Å². The fourth-order valence-corrected chi connectivity index (χ4v) is 0.981. The molecule has 0 atom stereocenters. The summed E-state index contributed by atoms with van der Waals surface area (Å²) in [6.45, 7) is 0. The zero-order valence-electron chi connectivity index (χ0n) is 6.36. The molecule has 56 valence electrons. The van der Waals surface area contributed by atoms with Gasteiger partial charge >= 0.3 is 0 Å². The fraction of sp³-hybridized carbons (Fsp3) is 0. The molecule has 0 spiro atoms. The van der Waals surface area contributed by atoms with Crippen LogP contribution in [0.4, 0.5) is 0 Å². The smallest absolute Gasteiger partial charge is 0.0886 e. The van der Waals surface area contributed by atoms with E-state index in [0.29, 0.717) is 0 Å². The van der Waals surface area contributed by atoms with Gasteiger partial charge in [0, 0.05) is 23.5 Å². The van der Waals surface area contributed by atoms with E-state index >= 15 is 0 Å². The lowest BCUT2D eigenvalue weighted by atomic mass is 10.1. The number of rotatable bonds is 1. The summed E-state index contributed by atoms with van der Waals surface area (Å²) in [5.41, 5.74) is 2.10. The molecule has 0 aromatic carbocycles. The van der Waals surface area contributed by atoms with Crippen LogP contribution < -0.4 is 0 Å². The monoisotopic (exact) mass is 154 g/mol.